The van der Waals surface area contributed by atoms with Crippen molar-refractivity contribution in [1.29, 1.82) is 0 Å². The molecule has 35 heavy (non-hydrogen) atoms. The average Bonchev–Trinajstić information content (AvgIpc) is 2.83. The van der Waals surface area contributed by atoms with Gasteiger partial charge >= 0.3 is 0 Å². The van der Waals surface area contributed by atoms with Crippen LogP contribution in [0.5, 0.6) is 0 Å². The number of hydrogen-bond donors (Lipinski definition) is 0. The molecule has 0 amide bonds. The molecule has 0 N–H and O–H groups in total. The first-order valence-electron chi connectivity index (χ1n) is 11.8. The fraction of sp³-hybridized carbons (Fsp3) is 0.520. The number of ether oxygens (including phenoxy) is 2. The summed E-state index contributed by atoms with van der Waals surface area (Å²) < 4.78 is 19.7. The van der Waals surface area contributed by atoms with Gasteiger partial charge in [0.1, 0.15) is 19.4 Å². The summed E-state index contributed by atoms with van der Waals surface area (Å²) in [7, 11) is 5.73. The van der Waals surface area contributed by atoms with Gasteiger partial charge in [-0.15, -0.1) is 21.0 Å². The van der Waals surface area contributed by atoms with E-state index < -0.39 is 14.1 Å². The molecule has 2 aromatic carbocycles. The summed E-state index contributed by atoms with van der Waals surface area (Å²) in [6.45, 7) is 9.11. The van der Waals surface area contributed by atoms with Crippen molar-refractivity contribution in [2.24, 2.45) is 11.0 Å². The van der Waals surface area contributed by atoms with Crippen LogP contribution in [0.3, 0.4) is 0 Å². The zero-order chi connectivity index (χ0) is 25.6. The van der Waals surface area contributed by atoms with Gasteiger partial charge in [0, 0.05) is 10.7 Å². The summed E-state index contributed by atoms with van der Waals surface area (Å²) in [6, 6.07) is 20.7. The summed E-state index contributed by atoms with van der Waals surface area (Å²) in [5.74, 6) is -0.671. The van der Waals surface area contributed by atoms with Crippen molar-refractivity contribution in [3.05, 3.63) is 71.1 Å². The Hall–Kier alpha value is -1.31. The van der Waals surface area contributed by atoms with E-state index in [1.165, 1.54) is 22.1 Å². The quantitative estimate of drug-likeness (QED) is 0.156. The molecule has 1 heterocycles. The second-order valence-corrected chi connectivity index (χ2v) is 15.8. The Kier molecular flexibility index (Phi) is 9.92. The molecule has 186 valence electrons. The van der Waals surface area contributed by atoms with Crippen LogP contribution < -0.4 is 10.4 Å². The minimum absolute atomic E-state index is 0.101. The molecule has 6 nitrogen and oxygen atoms in total. The lowest BCUT2D eigenvalue weighted by Crippen LogP contribution is -2.68. The van der Waals surface area contributed by atoms with Crippen LogP contribution in [0.25, 0.3) is 10.4 Å². The van der Waals surface area contributed by atoms with Gasteiger partial charge in [-0.05, 0) is 33.1 Å². The van der Waals surface area contributed by atoms with E-state index in [9.17, 15) is 0 Å². The molecular formula is C25H35BN3O3PSSi. The Morgan fingerprint density at radius 3 is 2.11 bits per heavy atom. The standard InChI is InChI=1S/C25H35BN3O3PSSi/c1-17-21(28-29-27)23(34-5)31-20(22(17)32-24(26)33)16-30-35(25(2,3)4,18-12-8-6-9-13-18)19-14-10-7-11-15-19/h6-15,17,20-24H,16,33H2,1-5H3. The molecular weight excluding hydrogens is 492 g/mol. The van der Waals surface area contributed by atoms with Crippen LogP contribution in [0.4, 0.5) is 0 Å². The van der Waals surface area contributed by atoms with E-state index in [1.807, 2.05) is 25.3 Å². The van der Waals surface area contributed by atoms with Crippen molar-refractivity contribution < 1.29 is 13.9 Å². The molecule has 1 fully saturated rings. The molecule has 3 rings (SSSR count). The Labute approximate surface area is 218 Å². The molecule has 1 saturated heterocycles. The van der Waals surface area contributed by atoms with E-state index in [4.69, 9.17) is 27.3 Å². The number of hydrogen-bond acceptors (Lipinski definition) is 5. The summed E-state index contributed by atoms with van der Waals surface area (Å²) in [4.78, 5) is 3.06. The highest BCUT2D eigenvalue weighted by Crippen LogP contribution is 2.39. The number of nitrogens with zero attached hydrogens (tertiary/aromatic N) is 3. The average molecular weight is 528 g/mol. The van der Waals surface area contributed by atoms with E-state index in [0.717, 1.165) is 0 Å². The van der Waals surface area contributed by atoms with Crippen molar-refractivity contribution in [2.75, 3.05) is 12.9 Å². The van der Waals surface area contributed by atoms with Crippen LogP contribution in [-0.4, -0.2) is 58.5 Å². The molecule has 7 unspecified atom stereocenters. The molecule has 2 aromatic rings. The van der Waals surface area contributed by atoms with Gasteiger partial charge in [-0.3, -0.25) is 0 Å². The zero-order valence-corrected chi connectivity index (χ0v) is 24.0. The molecule has 0 aromatic heterocycles. The maximum atomic E-state index is 9.14. The van der Waals surface area contributed by atoms with Gasteiger partial charge in [-0.1, -0.05) is 93.5 Å². The Morgan fingerprint density at radius 2 is 1.69 bits per heavy atom. The molecule has 10 heteroatoms. The second kappa shape index (κ2) is 12.3. The lowest BCUT2D eigenvalue weighted by Gasteiger charge is -2.47. The molecule has 0 bridgehead atoms. The van der Waals surface area contributed by atoms with Crippen molar-refractivity contribution >= 4 is 47.5 Å². The highest BCUT2D eigenvalue weighted by Gasteiger charge is 2.52. The normalized spacial score (nSPS) is 26.1. The molecule has 0 aliphatic carbocycles. The highest BCUT2D eigenvalue weighted by atomic mass is 32.2. The summed E-state index contributed by atoms with van der Waals surface area (Å²) >= 11 is 1.53. The molecule has 2 radical (unpaired) electrons. The van der Waals surface area contributed by atoms with Gasteiger partial charge in [0.15, 0.2) is 0 Å². The van der Waals surface area contributed by atoms with Crippen LogP contribution in [0.2, 0.25) is 5.04 Å². The van der Waals surface area contributed by atoms with E-state index in [2.05, 4.69) is 88.6 Å². The molecule has 0 saturated carbocycles. The van der Waals surface area contributed by atoms with E-state index in [1.54, 1.807) is 0 Å². The molecule has 1 aliphatic heterocycles. The lowest BCUT2D eigenvalue weighted by molar-refractivity contribution is -0.155. The van der Waals surface area contributed by atoms with Crippen LogP contribution in [0.1, 0.15) is 27.7 Å². The van der Waals surface area contributed by atoms with E-state index >= 15 is 0 Å². The largest absolute Gasteiger partial charge is 0.405 e. The van der Waals surface area contributed by atoms with Gasteiger partial charge in [-0.25, -0.2) is 0 Å². The maximum absolute atomic E-state index is 9.14. The predicted octanol–water partition coefficient (Wildman–Crippen LogP) is 4.68. The third-order valence-electron chi connectivity index (χ3n) is 6.62. The highest BCUT2D eigenvalue weighted by molar-refractivity contribution is 7.99. The number of thioether (sulfide) groups is 1. The first kappa shape index (κ1) is 28.3. The minimum atomic E-state index is -2.75. The van der Waals surface area contributed by atoms with E-state index in [-0.39, 0.29) is 34.6 Å². The number of azide groups is 1. The van der Waals surface area contributed by atoms with Crippen LogP contribution >= 0.6 is 21.0 Å². The predicted molar refractivity (Wildman–Crippen MR) is 152 cm³/mol. The number of rotatable bonds is 9. The summed E-state index contributed by atoms with van der Waals surface area (Å²) in [6.07, 6.45) is 1.19. The molecule has 7 atom stereocenters. The number of benzene rings is 2. The van der Waals surface area contributed by atoms with Gasteiger partial charge in [0.2, 0.25) is 0 Å². The fourth-order valence-electron chi connectivity index (χ4n) is 5.02. The van der Waals surface area contributed by atoms with Crippen molar-refractivity contribution in [1.82, 2.24) is 0 Å². The zero-order valence-electron chi connectivity index (χ0n) is 21.1. The van der Waals surface area contributed by atoms with Crippen LogP contribution in [-0.2, 0) is 13.9 Å². The second-order valence-electron chi connectivity index (χ2n) is 9.87. The van der Waals surface area contributed by atoms with E-state index in [0.29, 0.717) is 6.61 Å². The van der Waals surface area contributed by atoms with Gasteiger partial charge < -0.3 is 13.9 Å². The summed E-state index contributed by atoms with van der Waals surface area (Å²) in [5.41, 5.74) is 8.84. The Balaban J connectivity index is 2.04. The topological polar surface area (TPSA) is 76.5 Å². The van der Waals surface area contributed by atoms with Crippen LogP contribution in [0.15, 0.2) is 65.8 Å². The van der Waals surface area contributed by atoms with Crippen molar-refractivity contribution in [3.63, 3.8) is 0 Å². The third kappa shape index (κ3) is 6.16. The lowest BCUT2D eigenvalue weighted by atomic mass is 9.89. The summed E-state index contributed by atoms with van der Waals surface area (Å²) in [5, 5.41) is 6.28. The van der Waals surface area contributed by atoms with Gasteiger partial charge in [0.05, 0.1) is 18.8 Å². The first-order chi connectivity index (χ1) is 16.7. The maximum Gasteiger partial charge on any atom is 0.261 e. The van der Waals surface area contributed by atoms with Gasteiger partial charge in [-0.2, -0.15) is 0 Å². The fourth-order valence-corrected chi connectivity index (χ4v) is 10.6. The van der Waals surface area contributed by atoms with Crippen molar-refractivity contribution in [2.45, 2.75) is 62.2 Å². The SMILES string of the molecule is [B]C(P)OC1C(CO[Si](c2ccccc2)(c2ccccc2)C(C)(C)C)OC(SC)C(N=[N+]=[N-])C1C. The van der Waals surface area contributed by atoms with Crippen LogP contribution in [0, 0.1) is 5.92 Å². The monoisotopic (exact) mass is 527 g/mol. The van der Waals surface area contributed by atoms with Gasteiger partial charge in [0.25, 0.3) is 8.32 Å². The molecule has 0 spiro atoms. The smallest absolute Gasteiger partial charge is 0.261 e. The Bertz CT molecular complexity index is 953. The third-order valence-corrected chi connectivity index (χ3v) is 12.6. The van der Waals surface area contributed by atoms with Crippen molar-refractivity contribution in [3.8, 4) is 0 Å². The minimum Gasteiger partial charge on any atom is -0.405 e. The Morgan fingerprint density at radius 1 is 1.14 bits per heavy atom. The molecule has 1 aliphatic rings. The first-order valence-corrected chi connectivity index (χ1v) is 15.7.